The Hall–Kier alpha value is -9.95. The van der Waals surface area contributed by atoms with Gasteiger partial charge in [-0.2, -0.15) is 11.5 Å². The third kappa shape index (κ3) is 11.2. The van der Waals surface area contributed by atoms with Crippen molar-refractivity contribution < 1.29 is 36.6 Å². The first-order valence-corrected chi connectivity index (χ1v) is 39.3. The van der Waals surface area contributed by atoms with E-state index >= 15 is 0 Å². The molecule has 5 aliphatic rings. The highest BCUT2D eigenvalue weighted by Crippen LogP contribution is 2.49. The minimum atomic E-state index is -3.84. The highest BCUT2D eigenvalue weighted by molar-refractivity contribution is 7.92. The molecule has 18 rings (SSSR count). The minimum absolute atomic E-state index is 0.104. The van der Waals surface area contributed by atoms with E-state index in [4.69, 9.17) is 21.1 Å². The van der Waals surface area contributed by atoms with Crippen LogP contribution >= 0.6 is 11.5 Å². The number of sulfone groups is 2. The lowest BCUT2D eigenvalue weighted by atomic mass is 9.34. The molecule has 106 heavy (non-hydrogen) atoms. The van der Waals surface area contributed by atoms with E-state index in [1.54, 1.807) is 6.07 Å². The van der Waals surface area contributed by atoms with Crippen molar-refractivity contribution in [2.75, 3.05) is 0 Å². The van der Waals surface area contributed by atoms with Crippen LogP contribution in [0, 0.1) is 41.5 Å². The summed E-state index contributed by atoms with van der Waals surface area (Å²) in [5.74, 6) is 0.307. The molecule has 0 spiro atoms. The maximum atomic E-state index is 15.0. The van der Waals surface area contributed by atoms with Crippen molar-refractivity contribution in [3.8, 4) is 72.5 Å². The highest BCUT2D eigenvalue weighted by atomic mass is 35.5. The van der Waals surface area contributed by atoms with Gasteiger partial charge in [0.15, 0.2) is 0 Å². The van der Waals surface area contributed by atoms with Gasteiger partial charge in [0.05, 0.1) is 19.6 Å². The second kappa shape index (κ2) is 26.5. The molecule has 1 radical (unpaired) electrons. The minimum Gasteiger partial charge on any atom is -0.537 e. The molecule has 0 amide bonds. The molecule has 5 heterocycles. The summed E-state index contributed by atoms with van der Waals surface area (Å²) >= 11 is 6.98. The molecule has 3 N–H and O–H groups in total. The zero-order chi connectivity index (χ0) is 74.2. The summed E-state index contributed by atoms with van der Waals surface area (Å²) in [6, 6.07) is 86.8. The van der Waals surface area contributed by atoms with Gasteiger partial charge >= 0.3 is 20.9 Å². The maximum Gasteiger partial charge on any atom is 0.569 e. The fourth-order valence-electron chi connectivity index (χ4n) is 17.9. The number of aryl methyl sites for hydroxylation is 6. The standard InChI is InChI=1S/C55H44B2O2S.C20H16BCl.C15H15B2O6S/c1-33-15-11-23-43-39-19-7-8-20-40(39)44-24-12-16-34(2)52(44)56(51(33)43)37-27-29-49-47(31-37)55(5,6)48-32-38(28-30-50(48)60(49,58)59)57-53-35(3)17-13-25-45(53)41-21-9-10-22-42(41)46-26-14-18-36(4)54(46)57;1-13-7-5-11-17-15-9-3-4-10-16(15)18-12-6-8-14(2)20(18)21(22)19(13)17;1-15(2)11-7-9(17(19)20)3-5-13(11)24(21,22)14-6-4-10(23-16-18)8-12(14)15/h7-32H,1-6H3;3-12H,1-2H3;3-8,18-20H,1-2H3. The lowest BCUT2D eigenvalue weighted by molar-refractivity contribution is 0.425. The fourth-order valence-corrected chi connectivity index (χ4v) is 22.3. The zero-order valence-corrected chi connectivity index (χ0v) is 63.1. The number of fused-ring (bicyclic) bond motifs is 19. The lowest BCUT2D eigenvalue weighted by Crippen LogP contribution is -2.55. The van der Waals surface area contributed by atoms with Gasteiger partial charge in [-0.05, 0) is 183 Å². The van der Waals surface area contributed by atoms with Crippen molar-refractivity contribution in [2.45, 2.75) is 99.6 Å². The van der Waals surface area contributed by atoms with E-state index in [2.05, 4.69) is 262 Å². The average Bonchev–Trinajstić information content (AvgIpc) is 0.921. The Balaban J connectivity index is 0.000000152. The third-order valence-electron chi connectivity index (χ3n) is 23.1. The van der Waals surface area contributed by atoms with Crippen molar-refractivity contribution in [1.82, 2.24) is 0 Å². The van der Waals surface area contributed by atoms with Crippen molar-refractivity contribution in [1.29, 1.82) is 0 Å². The van der Waals surface area contributed by atoms with Crippen LogP contribution in [0.3, 0.4) is 0 Å². The molecule has 5 aliphatic heterocycles. The lowest BCUT2D eigenvalue weighted by Gasteiger charge is -2.36. The van der Waals surface area contributed by atoms with Crippen LogP contribution in [-0.2, 0) is 30.5 Å². The van der Waals surface area contributed by atoms with Crippen LogP contribution in [-0.4, -0.2) is 66.3 Å². The van der Waals surface area contributed by atoms with Crippen molar-refractivity contribution in [3.63, 3.8) is 0 Å². The largest absolute Gasteiger partial charge is 0.569 e. The first-order chi connectivity index (χ1) is 50.8. The van der Waals surface area contributed by atoms with E-state index in [9.17, 15) is 26.9 Å². The number of halogens is 1. The number of benzene rings is 13. The van der Waals surface area contributed by atoms with Crippen molar-refractivity contribution in [3.05, 3.63) is 310 Å². The summed E-state index contributed by atoms with van der Waals surface area (Å²) < 4.78 is 60.7. The molecular weight excluding hydrogens is 1360 g/mol. The Morgan fingerprint density at radius 3 is 0.915 bits per heavy atom. The first-order valence-electron chi connectivity index (χ1n) is 35.9. The zero-order valence-electron chi connectivity index (χ0n) is 60.7. The quantitative estimate of drug-likeness (QED) is 0.145. The molecule has 8 nitrogen and oxygen atoms in total. The van der Waals surface area contributed by atoms with Gasteiger partial charge < -0.3 is 19.7 Å². The Morgan fingerprint density at radius 1 is 0.340 bits per heavy atom. The van der Waals surface area contributed by atoms with Crippen LogP contribution in [0.2, 0.25) is 0 Å². The van der Waals surface area contributed by atoms with Crippen LogP contribution in [0.5, 0.6) is 5.75 Å². The van der Waals surface area contributed by atoms with E-state index in [1.807, 2.05) is 26.0 Å². The Bertz CT molecular complexity index is 5660. The summed E-state index contributed by atoms with van der Waals surface area (Å²) in [7, 11) is -8.74. The second-order valence-corrected chi connectivity index (χ2v) is 34.1. The van der Waals surface area contributed by atoms with Gasteiger partial charge in [0, 0.05) is 10.8 Å². The molecule has 0 saturated carbocycles. The van der Waals surface area contributed by atoms with Gasteiger partial charge in [-0.25, -0.2) is 16.8 Å². The molecule has 0 atom stereocenters. The van der Waals surface area contributed by atoms with Crippen LogP contribution in [0.25, 0.3) is 66.8 Å². The van der Waals surface area contributed by atoms with E-state index in [1.165, 1.54) is 163 Å². The predicted octanol–water partition coefficient (Wildman–Crippen LogP) is 12.8. The number of rotatable bonds is 5. The van der Waals surface area contributed by atoms with Crippen LogP contribution in [0.4, 0.5) is 0 Å². The molecule has 517 valence electrons. The summed E-state index contributed by atoms with van der Waals surface area (Å²) in [6.45, 7) is 21.1. The molecule has 0 saturated heterocycles. The van der Waals surface area contributed by atoms with Crippen LogP contribution in [0.1, 0.15) is 83.3 Å². The molecule has 16 heteroatoms. The smallest absolute Gasteiger partial charge is 0.537 e. The van der Waals surface area contributed by atoms with Gasteiger partial charge in [-0.1, -0.05) is 312 Å². The number of hydrogen-bond acceptors (Lipinski definition) is 8. The number of hydrogen-bond donors (Lipinski definition) is 3. The third-order valence-corrected chi connectivity index (χ3v) is 27.3. The van der Waals surface area contributed by atoms with Gasteiger partial charge in [0.25, 0.3) is 0 Å². The molecule has 0 aromatic heterocycles. The van der Waals surface area contributed by atoms with E-state index in [0.717, 1.165) is 22.1 Å². The summed E-state index contributed by atoms with van der Waals surface area (Å²) in [5, 5.41) is 27.6. The Kier molecular flexibility index (Phi) is 17.6. The van der Waals surface area contributed by atoms with E-state index in [0.29, 0.717) is 34.4 Å². The molecular formula is C90H75B5ClO8S2. The highest BCUT2D eigenvalue weighted by Gasteiger charge is 2.46. The monoisotopic (exact) mass is 1440 g/mol. The maximum absolute atomic E-state index is 15.0. The Morgan fingerprint density at radius 2 is 0.604 bits per heavy atom. The average molecular weight is 1440 g/mol. The SMILES string of the molecule is CC1(C)c2cc(O[B]O)ccc2S(=O)(=O)c2ccc(B(O)O)cc21.Cc1cccc2c1B(Cl)c1c(C)cccc1-c1ccccc1-2.Cc1cccc2c1B(c1ccc3c(c1)C(C)(C)c1cc(B4c5c(C)cccc5-c5ccccc5-c5cccc(C)c54)ccc1S3(=O)=O)c1c(C)cccc1-c1ccccc1-2. The molecule has 13 aromatic carbocycles. The molecule has 13 aromatic rings. The summed E-state index contributed by atoms with van der Waals surface area (Å²) in [6.07, 6.45) is -0.111. The topological polar surface area (TPSA) is 138 Å². The molecule has 0 unspecified atom stereocenters. The fraction of sp³-hybridized carbons (Fsp3) is 0.133. The van der Waals surface area contributed by atoms with Gasteiger partial charge in [-0.3, -0.25) is 0 Å². The van der Waals surface area contributed by atoms with E-state index < -0.39 is 37.6 Å². The predicted molar refractivity (Wildman–Crippen MR) is 440 cm³/mol. The Labute approximate surface area is 629 Å². The summed E-state index contributed by atoms with van der Waals surface area (Å²) in [4.78, 5) is 1.11. The van der Waals surface area contributed by atoms with Crippen molar-refractivity contribution >= 4 is 115 Å². The van der Waals surface area contributed by atoms with Gasteiger partial charge in [0.2, 0.25) is 33.1 Å². The first kappa shape index (κ1) is 70.4. The van der Waals surface area contributed by atoms with Crippen molar-refractivity contribution in [2.24, 2.45) is 0 Å². The van der Waals surface area contributed by atoms with Crippen LogP contribution < -0.4 is 53.8 Å². The molecule has 0 bridgehead atoms. The normalized spacial score (nSPS) is 14.7. The van der Waals surface area contributed by atoms with Gasteiger partial charge in [-0.15, -0.1) is 0 Å². The van der Waals surface area contributed by atoms with E-state index in [-0.39, 0.29) is 34.8 Å². The summed E-state index contributed by atoms with van der Waals surface area (Å²) in [5.41, 5.74) is 33.6. The van der Waals surface area contributed by atoms with Crippen LogP contribution in [0.15, 0.2) is 274 Å². The second-order valence-electron chi connectivity index (χ2n) is 29.9. The molecule has 0 fully saturated rings. The van der Waals surface area contributed by atoms with Gasteiger partial charge in [0.1, 0.15) is 5.75 Å². The molecule has 0 aliphatic carbocycles.